The van der Waals surface area contributed by atoms with Crippen molar-refractivity contribution in [2.45, 2.75) is 49.7 Å². The Hall–Kier alpha value is -2.37. The van der Waals surface area contributed by atoms with Crippen LogP contribution in [-0.2, 0) is 19.9 Å². The maximum absolute atomic E-state index is 14.0. The number of hydrogen-bond donors (Lipinski definition) is 2. The van der Waals surface area contributed by atoms with Gasteiger partial charge in [0, 0.05) is 48.5 Å². The molecule has 1 amide bonds. The predicted molar refractivity (Wildman–Crippen MR) is 118 cm³/mol. The summed E-state index contributed by atoms with van der Waals surface area (Å²) >= 11 is 1.17. The van der Waals surface area contributed by atoms with Crippen LogP contribution in [0.5, 0.6) is 0 Å². The number of quaternary nitrogens is 1. The second-order valence-corrected chi connectivity index (χ2v) is 10.8. The normalized spacial score (nSPS) is 31.7. The molecule has 3 aliphatic heterocycles. The number of amides is 1. The zero-order chi connectivity index (χ0) is 24.0. The summed E-state index contributed by atoms with van der Waals surface area (Å²) < 4.78 is 39.1. The van der Waals surface area contributed by atoms with Crippen molar-refractivity contribution in [1.82, 2.24) is 5.16 Å². The Balaban J connectivity index is 1.31. The quantitative estimate of drug-likeness (QED) is 0.451. The predicted octanol–water partition coefficient (Wildman–Crippen LogP) is 3.15. The molecule has 0 radical (unpaired) electrons. The third-order valence-corrected chi connectivity index (χ3v) is 8.68. The lowest BCUT2D eigenvalue weighted by Crippen LogP contribution is -2.66. The molecule has 11 heteroatoms. The van der Waals surface area contributed by atoms with Crippen molar-refractivity contribution >= 4 is 29.0 Å². The Morgan fingerprint density at radius 1 is 1.32 bits per heavy atom. The summed E-state index contributed by atoms with van der Waals surface area (Å²) in [6.07, 6.45) is 1.61. The largest absolute Gasteiger partial charge is 0.454 e. The third-order valence-electron chi connectivity index (χ3n) is 7.69. The number of anilines is 1. The van der Waals surface area contributed by atoms with E-state index in [-0.39, 0.29) is 31.2 Å². The van der Waals surface area contributed by atoms with Crippen LogP contribution < -0.4 is 5.32 Å². The fraction of sp³-hybridized carbons (Fsp3) is 0.609. The number of aliphatic hydroxyl groups is 1. The second-order valence-electron chi connectivity index (χ2n) is 9.88. The zero-order valence-electron chi connectivity index (χ0n) is 18.6. The lowest BCUT2D eigenvalue weighted by Gasteiger charge is -2.51. The van der Waals surface area contributed by atoms with Crippen molar-refractivity contribution in [3.63, 3.8) is 0 Å². The van der Waals surface area contributed by atoms with Gasteiger partial charge in [0.2, 0.25) is 5.92 Å². The van der Waals surface area contributed by atoms with E-state index in [9.17, 15) is 23.5 Å². The molecule has 0 aromatic carbocycles. The SMILES string of the molecule is O=C(C[N+]12CCC(CC1)[C@@H](OC(=O)C(O)(c1cccs1)C1CCC(F)(F)C1)C2)Nc1ccon1. The van der Waals surface area contributed by atoms with Crippen molar-refractivity contribution in [1.29, 1.82) is 0 Å². The summed E-state index contributed by atoms with van der Waals surface area (Å²) in [4.78, 5) is 26.4. The van der Waals surface area contributed by atoms with Gasteiger partial charge in [-0.2, -0.15) is 0 Å². The van der Waals surface area contributed by atoms with Crippen LogP contribution in [-0.4, -0.2) is 64.8 Å². The molecule has 1 aliphatic carbocycles. The van der Waals surface area contributed by atoms with Crippen molar-refractivity contribution in [2.24, 2.45) is 11.8 Å². The van der Waals surface area contributed by atoms with Gasteiger partial charge >= 0.3 is 5.97 Å². The van der Waals surface area contributed by atoms with E-state index in [1.54, 1.807) is 23.6 Å². The lowest BCUT2D eigenvalue weighted by molar-refractivity contribution is -0.939. The first-order valence-electron chi connectivity index (χ1n) is 11.6. The molecular weight excluding hydrogens is 468 g/mol. The number of nitrogens with zero attached hydrogens (tertiary/aromatic N) is 2. The highest BCUT2D eigenvalue weighted by Crippen LogP contribution is 2.49. The summed E-state index contributed by atoms with van der Waals surface area (Å²) in [7, 11) is 0. The van der Waals surface area contributed by atoms with Gasteiger partial charge in [0.05, 0.1) is 13.1 Å². The number of ether oxygens (including phenoxy) is 1. The number of piperidine rings is 3. The van der Waals surface area contributed by atoms with Crippen LogP contribution in [0.25, 0.3) is 0 Å². The number of alkyl halides is 2. The maximum Gasteiger partial charge on any atom is 0.344 e. The summed E-state index contributed by atoms with van der Waals surface area (Å²) in [6, 6.07) is 4.84. The van der Waals surface area contributed by atoms with E-state index in [0.29, 0.717) is 21.7 Å². The Morgan fingerprint density at radius 3 is 2.74 bits per heavy atom. The highest BCUT2D eigenvalue weighted by Gasteiger charge is 2.57. The molecule has 3 saturated heterocycles. The van der Waals surface area contributed by atoms with Crippen molar-refractivity contribution in [3.8, 4) is 0 Å². The van der Waals surface area contributed by atoms with Gasteiger partial charge in [-0.25, -0.2) is 13.6 Å². The van der Waals surface area contributed by atoms with Gasteiger partial charge in [-0.15, -0.1) is 11.3 Å². The molecule has 4 aliphatic rings. The molecule has 2 N–H and O–H groups in total. The number of nitrogens with one attached hydrogen (secondary N) is 1. The van der Waals surface area contributed by atoms with Crippen LogP contribution >= 0.6 is 11.3 Å². The Bertz CT molecular complexity index is 1020. The number of aromatic nitrogens is 1. The average Bonchev–Trinajstić information content (AvgIpc) is 3.56. The van der Waals surface area contributed by atoms with Crippen LogP contribution in [0.4, 0.5) is 14.6 Å². The molecule has 34 heavy (non-hydrogen) atoms. The van der Waals surface area contributed by atoms with E-state index in [1.165, 1.54) is 17.6 Å². The molecular formula is C23H28F2N3O5S+. The van der Waals surface area contributed by atoms with Gasteiger partial charge in [-0.3, -0.25) is 4.79 Å². The minimum absolute atomic E-state index is 0.0484. The molecule has 2 aromatic heterocycles. The molecule has 2 aromatic rings. The van der Waals surface area contributed by atoms with E-state index < -0.39 is 35.9 Å². The van der Waals surface area contributed by atoms with Gasteiger partial charge in [0.15, 0.2) is 24.1 Å². The summed E-state index contributed by atoms with van der Waals surface area (Å²) in [5, 5.41) is 19.7. The lowest BCUT2D eigenvalue weighted by atomic mass is 9.82. The van der Waals surface area contributed by atoms with Crippen molar-refractivity contribution in [2.75, 3.05) is 31.5 Å². The fourth-order valence-corrected chi connectivity index (χ4v) is 6.73. The number of halogens is 2. The first kappa shape index (κ1) is 23.4. The van der Waals surface area contributed by atoms with Crippen LogP contribution in [0.2, 0.25) is 0 Å². The summed E-state index contributed by atoms with van der Waals surface area (Å²) in [5.41, 5.74) is -2.10. The number of carbonyl (C=O) groups is 2. The van der Waals surface area contributed by atoms with Crippen LogP contribution in [0.15, 0.2) is 34.4 Å². The molecule has 6 rings (SSSR count). The molecule has 0 spiro atoms. The van der Waals surface area contributed by atoms with Gasteiger partial charge in [-0.1, -0.05) is 11.2 Å². The van der Waals surface area contributed by atoms with E-state index in [0.717, 1.165) is 25.9 Å². The van der Waals surface area contributed by atoms with E-state index >= 15 is 0 Å². The minimum Gasteiger partial charge on any atom is -0.454 e. The number of esters is 1. The number of carbonyl (C=O) groups excluding carboxylic acids is 2. The van der Waals surface area contributed by atoms with E-state index in [4.69, 9.17) is 9.26 Å². The van der Waals surface area contributed by atoms with Gasteiger partial charge in [0.25, 0.3) is 5.91 Å². The van der Waals surface area contributed by atoms with Gasteiger partial charge < -0.3 is 24.2 Å². The van der Waals surface area contributed by atoms with Gasteiger partial charge in [0.1, 0.15) is 12.8 Å². The molecule has 4 fully saturated rings. The highest BCUT2D eigenvalue weighted by molar-refractivity contribution is 7.10. The highest BCUT2D eigenvalue weighted by atomic mass is 32.1. The van der Waals surface area contributed by atoms with Crippen molar-refractivity contribution in [3.05, 3.63) is 34.7 Å². The molecule has 2 bridgehead atoms. The van der Waals surface area contributed by atoms with Crippen LogP contribution in [0.1, 0.15) is 37.0 Å². The number of fused-ring (bicyclic) bond motifs is 3. The third kappa shape index (κ3) is 4.36. The summed E-state index contributed by atoms with van der Waals surface area (Å²) in [6.45, 7) is 2.23. The molecule has 5 heterocycles. The van der Waals surface area contributed by atoms with E-state index in [2.05, 4.69) is 10.5 Å². The van der Waals surface area contributed by atoms with Crippen molar-refractivity contribution < 1.29 is 37.2 Å². The smallest absolute Gasteiger partial charge is 0.344 e. The molecule has 184 valence electrons. The molecule has 8 nitrogen and oxygen atoms in total. The Labute approximate surface area is 199 Å². The number of thiophene rings is 1. The van der Waals surface area contributed by atoms with E-state index in [1.807, 2.05) is 0 Å². The maximum atomic E-state index is 14.0. The first-order valence-corrected chi connectivity index (χ1v) is 12.5. The number of hydrogen-bond acceptors (Lipinski definition) is 7. The summed E-state index contributed by atoms with van der Waals surface area (Å²) in [5.74, 6) is -4.42. The Kier molecular flexibility index (Phi) is 5.97. The second kappa shape index (κ2) is 8.69. The Morgan fingerprint density at radius 2 is 2.12 bits per heavy atom. The fourth-order valence-electron chi connectivity index (χ4n) is 5.84. The van der Waals surface area contributed by atoms with Gasteiger partial charge in [-0.05, 0) is 17.9 Å². The number of rotatable bonds is 7. The average molecular weight is 497 g/mol. The topological polar surface area (TPSA) is 102 Å². The zero-order valence-corrected chi connectivity index (χ0v) is 19.4. The monoisotopic (exact) mass is 496 g/mol. The standard InChI is InChI=1S/C23H27F2N3O5S/c24-22(25)7-3-16(12-22)23(31,18-2-1-11-34-18)21(30)33-17-13-28(8-4-15(17)5-9-28)14-20(29)26-19-6-10-32-27-19/h1-2,6,10-11,15-17,31H,3-5,7-9,12-14H2/p+1/t15?,16?,17-,23?,28?/m0/s1. The molecule has 2 unspecified atom stereocenters. The van der Waals surface area contributed by atoms with Crippen LogP contribution in [0.3, 0.4) is 0 Å². The molecule has 3 atom stereocenters. The molecule has 1 saturated carbocycles. The minimum atomic E-state index is -2.90. The first-order chi connectivity index (χ1) is 16.2. The van der Waals surface area contributed by atoms with Crippen LogP contribution in [0, 0.1) is 11.8 Å².